The first-order valence-electron chi connectivity index (χ1n) is 10.3. The Kier molecular flexibility index (Phi) is 7.09. The van der Waals surface area contributed by atoms with Gasteiger partial charge < -0.3 is 10.1 Å². The molecule has 1 aromatic carbocycles. The normalized spacial score (nSPS) is 16.7. The Hall–Kier alpha value is -2.34. The van der Waals surface area contributed by atoms with Crippen LogP contribution in [0.1, 0.15) is 32.4 Å². The fourth-order valence-electron chi connectivity index (χ4n) is 3.41. The number of carbonyl (C=O) groups excluding carboxylic acids is 1. The monoisotopic (exact) mass is 384 g/mol. The summed E-state index contributed by atoms with van der Waals surface area (Å²) in [6.07, 6.45) is 4.32. The average molecular weight is 385 g/mol. The summed E-state index contributed by atoms with van der Waals surface area (Å²) < 4.78 is 7.71. The Morgan fingerprint density at radius 1 is 1.25 bits per heavy atom. The van der Waals surface area contributed by atoms with Crippen molar-refractivity contribution in [1.82, 2.24) is 14.7 Å². The van der Waals surface area contributed by atoms with Crippen LogP contribution in [0.25, 0.3) is 0 Å². The number of rotatable bonds is 8. The summed E-state index contributed by atoms with van der Waals surface area (Å²) in [5, 5.41) is 7.21. The molecule has 0 saturated carbocycles. The number of amides is 1. The van der Waals surface area contributed by atoms with E-state index in [2.05, 4.69) is 22.2 Å². The largest absolute Gasteiger partial charge is 0.492 e. The van der Waals surface area contributed by atoms with Crippen LogP contribution in [0, 0.1) is 18.8 Å². The highest BCUT2D eigenvalue weighted by molar-refractivity contribution is 5.92. The molecule has 152 valence electrons. The number of anilines is 1. The molecule has 0 aliphatic carbocycles. The third kappa shape index (κ3) is 5.83. The molecular weight excluding hydrogens is 352 g/mol. The lowest BCUT2D eigenvalue weighted by atomic mass is 9.99. The number of nitrogens with one attached hydrogen (secondary N) is 1. The Morgan fingerprint density at radius 2 is 1.96 bits per heavy atom. The summed E-state index contributed by atoms with van der Waals surface area (Å²) in [7, 11) is 0. The van der Waals surface area contributed by atoms with E-state index in [9.17, 15) is 4.79 Å². The van der Waals surface area contributed by atoms with Crippen molar-refractivity contribution < 1.29 is 9.53 Å². The van der Waals surface area contributed by atoms with Crippen LogP contribution in [0.2, 0.25) is 0 Å². The molecule has 0 radical (unpaired) electrons. The smallest absolute Gasteiger partial charge is 0.229 e. The quantitative estimate of drug-likeness (QED) is 0.756. The number of aryl methyl sites for hydroxylation is 1. The second-order valence-electron chi connectivity index (χ2n) is 7.94. The molecular formula is C22H32N4O2. The lowest BCUT2D eigenvalue weighted by molar-refractivity contribution is -0.119. The molecule has 3 rings (SSSR count). The first kappa shape index (κ1) is 20.4. The third-order valence-corrected chi connectivity index (χ3v) is 5.50. The van der Waals surface area contributed by atoms with Crippen molar-refractivity contribution in [2.75, 3.05) is 31.6 Å². The zero-order chi connectivity index (χ0) is 19.9. The van der Waals surface area contributed by atoms with E-state index in [1.54, 1.807) is 6.20 Å². The number of aromatic nitrogens is 2. The molecule has 1 aliphatic heterocycles. The molecule has 1 N–H and O–H groups in total. The van der Waals surface area contributed by atoms with Crippen LogP contribution in [-0.2, 0) is 11.3 Å². The van der Waals surface area contributed by atoms with Crippen molar-refractivity contribution in [3.63, 3.8) is 0 Å². The van der Waals surface area contributed by atoms with Crippen molar-refractivity contribution in [1.29, 1.82) is 0 Å². The van der Waals surface area contributed by atoms with Crippen LogP contribution < -0.4 is 10.1 Å². The average Bonchev–Trinajstić information content (AvgIpc) is 3.09. The van der Waals surface area contributed by atoms with Gasteiger partial charge in [-0.1, -0.05) is 13.8 Å². The second kappa shape index (κ2) is 9.73. The molecule has 1 amide bonds. The number of likely N-dealkylation sites (tertiary alicyclic amines) is 1. The van der Waals surface area contributed by atoms with Crippen LogP contribution in [0.4, 0.5) is 5.69 Å². The predicted molar refractivity (Wildman–Crippen MR) is 112 cm³/mol. The Morgan fingerprint density at radius 3 is 2.61 bits per heavy atom. The molecule has 0 bridgehead atoms. The summed E-state index contributed by atoms with van der Waals surface area (Å²) in [5.41, 5.74) is 1.84. The maximum atomic E-state index is 12.4. The van der Waals surface area contributed by atoms with Gasteiger partial charge in [0.2, 0.25) is 5.91 Å². The van der Waals surface area contributed by atoms with Crippen molar-refractivity contribution in [2.24, 2.45) is 11.8 Å². The molecule has 2 heterocycles. The Bertz CT molecular complexity index is 748. The first-order valence-corrected chi connectivity index (χ1v) is 10.3. The summed E-state index contributed by atoms with van der Waals surface area (Å²) in [5.74, 6) is 1.51. The molecule has 6 heteroatoms. The van der Waals surface area contributed by atoms with E-state index < -0.39 is 0 Å². The lowest BCUT2D eigenvalue weighted by Gasteiger charge is -2.29. The highest BCUT2D eigenvalue weighted by Gasteiger charge is 2.16. The van der Waals surface area contributed by atoms with Gasteiger partial charge in [0.25, 0.3) is 0 Å². The molecule has 1 aromatic heterocycles. The SMILES string of the molecule is Cc1ccnn1CC(C)C(=O)Nc1ccc(OCCN2CCC(C)CC2)cc1. The minimum Gasteiger partial charge on any atom is -0.492 e. The van der Waals surface area contributed by atoms with Gasteiger partial charge in [0.15, 0.2) is 0 Å². The number of hydrogen-bond acceptors (Lipinski definition) is 4. The first-order chi connectivity index (χ1) is 13.5. The van der Waals surface area contributed by atoms with E-state index in [4.69, 9.17) is 4.74 Å². The van der Waals surface area contributed by atoms with Gasteiger partial charge in [-0.05, 0) is 69.1 Å². The fraction of sp³-hybridized carbons (Fsp3) is 0.545. The molecule has 1 unspecified atom stereocenters. The number of piperidine rings is 1. The minimum atomic E-state index is -0.165. The predicted octanol–water partition coefficient (Wildman–Crippen LogP) is 3.58. The van der Waals surface area contributed by atoms with E-state index >= 15 is 0 Å². The van der Waals surface area contributed by atoms with Crippen LogP contribution in [0.3, 0.4) is 0 Å². The molecule has 0 spiro atoms. The van der Waals surface area contributed by atoms with E-state index in [0.717, 1.165) is 29.6 Å². The highest BCUT2D eigenvalue weighted by Crippen LogP contribution is 2.18. The van der Waals surface area contributed by atoms with E-state index in [1.165, 1.54) is 25.9 Å². The van der Waals surface area contributed by atoms with Gasteiger partial charge in [-0.2, -0.15) is 5.10 Å². The minimum absolute atomic E-state index is 0.0112. The standard InChI is InChI=1S/C22H32N4O2/c1-17-9-12-25(13-10-17)14-15-28-21-6-4-20(5-7-21)24-22(27)18(2)16-26-19(3)8-11-23-26/h4-8,11,17-18H,9-10,12-16H2,1-3H3,(H,24,27). The summed E-state index contributed by atoms with van der Waals surface area (Å²) in [6, 6.07) is 9.55. The number of benzene rings is 1. The summed E-state index contributed by atoms with van der Waals surface area (Å²) in [6.45, 7) is 10.8. The molecule has 6 nitrogen and oxygen atoms in total. The maximum absolute atomic E-state index is 12.4. The number of hydrogen-bond donors (Lipinski definition) is 1. The molecule has 2 aromatic rings. The lowest BCUT2D eigenvalue weighted by Crippen LogP contribution is -2.35. The topological polar surface area (TPSA) is 59.4 Å². The van der Waals surface area contributed by atoms with Crippen molar-refractivity contribution in [3.05, 3.63) is 42.2 Å². The van der Waals surface area contributed by atoms with Crippen molar-refractivity contribution in [2.45, 2.75) is 40.2 Å². The van der Waals surface area contributed by atoms with Crippen LogP contribution in [-0.4, -0.2) is 46.8 Å². The number of ether oxygens (including phenoxy) is 1. The van der Waals surface area contributed by atoms with Gasteiger partial charge in [-0.25, -0.2) is 0 Å². The second-order valence-corrected chi connectivity index (χ2v) is 7.94. The van der Waals surface area contributed by atoms with Gasteiger partial charge >= 0.3 is 0 Å². The van der Waals surface area contributed by atoms with Crippen molar-refractivity contribution >= 4 is 11.6 Å². The molecule has 28 heavy (non-hydrogen) atoms. The zero-order valence-electron chi connectivity index (χ0n) is 17.2. The fourth-order valence-corrected chi connectivity index (χ4v) is 3.41. The summed E-state index contributed by atoms with van der Waals surface area (Å²) in [4.78, 5) is 14.9. The Labute approximate surface area is 167 Å². The maximum Gasteiger partial charge on any atom is 0.229 e. The molecule has 1 aliphatic rings. The highest BCUT2D eigenvalue weighted by atomic mass is 16.5. The number of carbonyl (C=O) groups is 1. The van der Waals surface area contributed by atoms with Gasteiger partial charge in [0.05, 0.1) is 12.5 Å². The van der Waals surface area contributed by atoms with Crippen LogP contribution in [0.5, 0.6) is 5.75 Å². The molecule has 1 fully saturated rings. The number of nitrogens with zero attached hydrogens (tertiary/aromatic N) is 3. The van der Waals surface area contributed by atoms with E-state index in [-0.39, 0.29) is 11.8 Å². The van der Waals surface area contributed by atoms with Crippen LogP contribution >= 0.6 is 0 Å². The van der Waals surface area contributed by atoms with Gasteiger partial charge in [-0.3, -0.25) is 14.4 Å². The van der Waals surface area contributed by atoms with E-state index in [0.29, 0.717) is 13.2 Å². The Balaban J connectivity index is 1.41. The third-order valence-electron chi connectivity index (χ3n) is 5.50. The van der Waals surface area contributed by atoms with Gasteiger partial charge in [0, 0.05) is 24.1 Å². The van der Waals surface area contributed by atoms with Crippen LogP contribution in [0.15, 0.2) is 36.5 Å². The van der Waals surface area contributed by atoms with Gasteiger partial charge in [0.1, 0.15) is 12.4 Å². The molecule has 1 atom stereocenters. The van der Waals surface area contributed by atoms with Crippen molar-refractivity contribution in [3.8, 4) is 5.75 Å². The summed E-state index contributed by atoms with van der Waals surface area (Å²) >= 11 is 0. The molecule has 1 saturated heterocycles. The van der Waals surface area contributed by atoms with E-state index in [1.807, 2.05) is 48.9 Å². The van der Waals surface area contributed by atoms with Gasteiger partial charge in [-0.15, -0.1) is 0 Å². The zero-order valence-corrected chi connectivity index (χ0v) is 17.2.